The average molecular weight is 361 g/mol. The molecule has 0 bridgehead atoms. The summed E-state index contributed by atoms with van der Waals surface area (Å²) in [6, 6.07) is 12.2. The molecule has 3 aromatic rings. The lowest BCUT2D eigenvalue weighted by atomic mass is 9.95. The van der Waals surface area contributed by atoms with Crippen LogP contribution in [0.25, 0.3) is 11.1 Å². The number of hydrogen-bond donors (Lipinski definition) is 3. The fourth-order valence-corrected chi connectivity index (χ4v) is 2.92. The summed E-state index contributed by atoms with van der Waals surface area (Å²) in [5.74, 6) is -1.24. The number of carbonyl (C=O) groups is 1. The zero-order valence-corrected chi connectivity index (χ0v) is 14.0. The molecule has 1 unspecified atom stereocenters. The van der Waals surface area contributed by atoms with Gasteiger partial charge < -0.3 is 15.3 Å². The van der Waals surface area contributed by atoms with E-state index in [1.165, 1.54) is 12.5 Å². The van der Waals surface area contributed by atoms with E-state index < -0.39 is 10.7 Å². The van der Waals surface area contributed by atoms with Crippen LogP contribution in [-0.4, -0.2) is 16.1 Å². The van der Waals surface area contributed by atoms with E-state index >= 15 is 0 Å². The van der Waals surface area contributed by atoms with Crippen molar-refractivity contribution < 1.29 is 14.3 Å². The maximum atomic E-state index is 11.8. The van der Waals surface area contributed by atoms with E-state index in [0.29, 0.717) is 16.3 Å². The fraction of sp³-hybridized carbons (Fsp3) is 0.0588. The van der Waals surface area contributed by atoms with Crippen molar-refractivity contribution in [3.8, 4) is 11.1 Å². The van der Waals surface area contributed by atoms with Crippen LogP contribution in [-0.2, 0) is 9.54 Å². The van der Waals surface area contributed by atoms with E-state index in [1.807, 2.05) is 12.1 Å². The molecule has 1 heterocycles. The number of benzene rings is 2. The lowest BCUT2D eigenvalue weighted by molar-refractivity contribution is -0.139. The Labute approximate surface area is 148 Å². The van der Waals surface area contributed by atoms with Crippen LogP contribution in [0.1, 0.15) is 11.5 Å². The largest absolute Gasteiger partial charge is 0.480 e. The summed E-state index contributed by atoms with van der Waals surface area (Å²) >= 11 is 10.7. The number of anilines is 1. The maximum absolute atomic E-state index is 11.8. The lowest BCUT2D eigenvalue weighted by Gasteiger charge is -2.21. The van der Waals surface area contributed by atoms with Gasteiger partial charge in [-0.1, -0.05) is 35.9 Å². The van der Waals surface area contributed by atoms with Crippen LogP contribution < -0.4 is 5.73 Å². The first-order valence-corrected chi connectivity index (χ1v) is 7.77. The number of oxazole rings is 1. The van der Waals surface area contributed by atoms with Gasteiger partial charge in [-0.05, 0) is 29.3 Å². The Morgan fingerprint density at radius 2 is 1.96 bits per heavy atom. The van der Waals surface area contributed by atoms with Crippen LogP contribution in [0.5, 0.6) is 0 Å². The Balaban J connectivity index is 2.08. The molecular formula is C17H13ClN2O3S. The normalized spacial score (nSPS) is 13.4. The third-order valence-corrected chi connectivity index (χ3v) is 4.61. The van der Waals surface area contributed by atoms with Crippen molar-refractivity contribution in [3.05, 3.63) is 71.4 Å². The summed E-state index contributed by atoms with van der Waals surface area (Å²) in [5, 5.41) is 10.0. The summed E-state index contributed by atoms with van der Waals surface area (Å²) in [6.07, 6.45) is 2.67. The third-order valence-electron chi connectivity index (χ3n) is 3.66. The number of hydrogen-bond acceptors (Lipinski definition) is 5. The molecule has 0 amide bonds. The number of carboxylic acids is 1. The minimum absolute atomic E-state index is 0.0327. The second-order valence-corrected chi connectivity index (χ2v) is 6.25. The predicted octanol–water partition coefficient (Wildman–Crippen LogP) is 3.84. The number of rotatable bonds is 4. The molecule has 24 heavy (non-hydrogen) atoms. The Morgan fingerprint density at radius 3 is 2.50 bits per heavy atom. The molecule has 0 radical (unpaired) electrons. The van der Waals surface area contributed by atoms with Crippen molar-refractivity contribution >= 4 is 35.9 Å². The van der Waals surface area contributed by atoms with Crippen LogP contribution in [0.4, 0.5) is 5.69 Å². The van der Waals surface area contributed by atoms with Crippen molar-refractivity contribution in [2.75, 3.05) is 5.73 Å². The van der Waals surface area contributed by atoms with Gasteiger partial charge in [0, 0.05) is 16.3 Å². The van der Waals surface area contributed by atoms with Gasteiger partial charge in [0.1, 0.15) is 6.26 Å². The molecule has 5 nitrogen and oxygen atoms in total. The summed E-state index contributed by atoms with van der Waals surface area (Å²) in [7, 11) is 0. The molecule has 2 aromatic carbocycles. The Bertz CT molecular complexity index is 881. The first kappa shape index (κ1) is 16.4. The Kier molecular flexibility index (Phi) is 4.26. The van der Waals surface area contributed by atoms with Crippen LogP contribution in [0.2, 0.25) is 5.02 Å². The van der Waals surface area contributed by atoms with Crippen molar-refractivity contribution in [2.24, 2.45) is 0 Å². The standard InChI is InChI=1S/C17H13ClN2O3S/c18-14-9-11(17(24,16(21)22)15-20-7-8-23-15)3-6-13(14)10-1-4-12(19)5-2-10/h1-9,24H,19H2,(H,21,22). The van der Waals surface area contributed by atoms with E-state index in [2.05, 4.69) is 17.6 Å². The SMILES string of the molecule is Nc1ccc(-c2ccc(C(S)(C(=O)O)c3ncco3)cc2Cl)cc1. The van der Waals surface area contributed by atoms with Crippen molar-refractivity contribution in [2.45, 2.75) is 4.75 Å². The van der Waals surface area contributed by atoms with Gasteiger partial charge in [-0.2, -0.15) is 0 Å². The molecule has 1 atom stereocenters. The molecule has 3 N–H and O–H groups in total. The molecule has 0 aliphatic heterocycles. The number of carboxylic acid groups (broad SMARTS) is 1. The van der Waals surface area contributed by atoms with E-state index in [-0.39, 0.29) is 5.89 Å². The maximum Gasteiger partial charge on any atom is 0.333 e. The number of aromatic nitrogens is 1. The smallest absolute Gasteiger partial charge is 0.333 e. The van der Waals surface area contributed by atoms with Gasteiger partial charge in [-0.3, -0.25) is 0 Å². The van der Waals surface area contributed by atoms with E-state index in [4.69, 9.17) is 21.8 Å². The number of halogens is 1. The second-order valence-electron chi connectivity index (χ2n) is 5.17. The molecule has 0 aliphatic rings. The topological polar surface area (TPSA) is 89.4 Å². The number of nitrogens with zero attached hydrogens (tertiary/aromatic N) is 1. The molecule has 0 saturated carbocycles. The van der Waals surface area contributed by atoms with Gasteiger partial charge >= 0.3 is 5.97 Å². The minimum atomic E-state index is -1.73. The third kappa shape index (κ3) is 2.74. The first-order chi connectivity index (χ1) is 11.4. The monoisotopic (exact) mass is 360 g/mol. The average Bonchev–Trinajstić information content (AvgIpc) is 3.09. The van der Waals surface area contributed by atoms with Crippen LogP contribution >= 0.6 is 24.2 Å². The Hall–Kier alpha value is -2.44. The molecule has 0 fully saturated rings. The highest BCUT2D eigenvalue weighted by Crippen LogP contribution is 2.39. The van der Waals surface area contributed by atoms with Gasteiger partial charge in [0.15, 0.2) is 0 Å². The summed E-state index contributed by atoms with van der Waals surface area (Å²) in [4.78, 5) is 15.7. The van der Waals surface area contributed by atoms with E-state index in [9.17, 15) is 9.90 Å². The summed E-state index contributed by atoms with van der Waals surface area (Å²) in [5.41, 5.74) is 8.32. The summed E-state index contributed by atoms with van der Waals surface area (Å²) in [6.45, 7) is 0. The Morgan fingerprint density at radius 1 is 1.25 bits per heavy atom. The summed E-state index contributed by atoms with van der Waals surface area (Å²) < 4.78 is 3.43. The zero-order chi connectivity index (χ0) is 17.3. The van der Waals surface area contributed by atoms with Crippen LogP contribution in [0.3, 0.4) is 0 Å². The highest BCUT2D eigenvalue weighted by Gasteiger charge is 2.43. The minimum Gasteiger partial charge on any atom is -0.480 e. The fourth-order valence-electron chi connectivity index (χ4n) is 2.38. The molecule has 0 aliphatic carbocycles. The van der Waals surface area contributed by atoms with Crippen LogP contribution in [0.15, 0.2) is 59.3 Å². The molecule has 1 aromatic heterocycles. The van der Waals surface area contributed by atoms with Crippen molar-refractivity contribution in [1.29, 1.82) is 0 Å². The van der Waals surface area contributed by atoms with Crippen molar-refractivity contribution in [1.82, 2.24) is 4.98 Å². The van der Waals surface area contributed by atoms with Gasteiger partial charge in [-0.25, -0.2) is 9.78 Å². The first-order valence-electron chi connectivity index (χ1n) is 6.94. The second kappa shape index (κ2) is 6.22. The molecular weight excluding hydrogens is 348 g/mol. The van der Waals surface area contributed by atoms with Gasteiger partial charge in [0.05, 0.1) is 6.20 Å². The predicted molar refractivity (Wildman–Crippen MR) is 95.2 cm³/mol. The van der Waals surface area contributed by atoms with E-state index in [0.717, 1.165) is 11.1 Å². The number of thiol groups is 1. The lowest BCUT2D eigenvalue weighted by Crippen LogP contribution is -2.31. The molecule has 122 valence electrons. The van der Waals surface area contributed by atoms with Gasteiger partial charge in [0.2, 0.25) is 10.6 Å². The quantitative estimate of drug-likeness (QED) is 0.486. The van der Waals surface area contributed by atoms with E-state index in [1.54, 1.807) is 30.3 Å². The number of nitrogen functional groups attached to an aromatic ring is 1. The highest BCUT2D eigenvalue weighted by atomic mass is 35.5. The highest BCUT2D eigenvalue weighted by molar-refractivity contribution is 7.82. The molecule has 0 saturated heterocycles. The number of aliphatic carboxylic acids is 1. The number of nitrogens with two attached hydrogens (primary N) is 1. The molecule has 3 rings (SSSR count). The van der Waals surface area contributed by atoms with Gasteiger partial charge in [0.25, 0.3) is 0 Å². The van der Waals surface area contributed by atoms with Crippen LogP contribution in [0, 0.1) is 0 Å². The van der Waals surface area contributed by atoms with Crippen molar-refractivity contribution in [3.63, 3.8) is 0 Å². The zero-order valence-electron chi connectivity index (χ0n) is 12.3. The van der Waals surface area contributed by atoms with Gasteiger partial charge in [-0.15, -0.1) is 12.6 Å². The molecule has 7 heteroatoms. The molecule has 0 spiro atoms.